The van der Waals surface area contributed by atoms with Gasteiger partial charge >= 0.3 is 6.09 Å². The molecule has 4 rings (SSSR count). The first-order chi connectivity index (χ1) is 14.8. The quantitative estimate of drug-likeness (QED) is 0.474. The predicted octanol–water partition coefficient (Wildman–Crippen LogP) is 3.51. The molecule has 3 aromatic heterocycles. The molecule has 0 radical (unpaired) electrons. The average Bonchev–Trinajstić information content (AvgIpc) is 2.76. The zero-order valence-corrected chi connectivity index (χ0v) is 19.4. The van der Waals surface area contributed by atoms with E-state index in [0.717, 1.165) is 46.4 Å². The van der Waals surface area contributed by atoms with Gasteiger partial charge in [-0.15, -0.1) is 0 Å². The Hall–Kier alpha value is -2.63. The number of nitrogen functional groups attached to an aromatic ring is 1. The fourth-order valence-electron chi connectivity index (χ4n) is 3.46. The van der Waals surface area contributed by atoms with Crippen LogP contribution in [0.1, 0.15) is 0 Å². The molecule has 0 atom stereocenters. The van der Waals surface area contributed by atoms with E-state index in [9.17, 15) is 4.79 Å². The first-order valence-corrected chi connectivity index (χ1v) is 14.1. The number of rotatable bonds is 5. The second kappa shape index (κ2) is 8.85. The molecule has 9 nitrogen and oxygen atoms in total. The lowest BCUT2D eigenvalue weighted by Crippen LogP contribution is -2.52. The Labute approximate surface area is 189 Å². The summed E-state index contributed by atoms with van der Waals surface area (Å²) in [5.74, 6) is 1.11. The van der Waals surface area contributed by atoms with Crippen molar-refractivity contribution < 1.29 is 9.90 Å². The van der Waals surface area contributed by atoms with Gasteiger partial charge in [-0.25, -0.2) is 24.7 Å². The number of pyridine rings is 2. The standard InChI is InChI=1S/C19H22ClN7O2SSi/c1-31(11-24-19(28)29)8-6-27(7-9-31)14-10-23-18-12(25-14)2-3-15(26-18)30-13-4-5-22-17(21)16(13)20/h2-5,10,24H,6-9,11H2,1H3,(H2,21,22)(H,28,29). The number of hydrogen-bond donors (Lipinski definition) is 3. The summed E-state index contributed by atoms with van der Waals surface area (Å²) in [6.07, 6.45) is 3.01. The monoisotopic (exact) mass is 475 g/mol. The van der Waals surface area contributed by atoms with Gasteiger partial charge < -0.3 is 21.1 Å². The second-order valence-corrected chi connectivity index (χ2v) is 14.2. The molecule has 162 valence electrons. The van der Waals surface area contributed by atoms with Gasteiger partial charge in [-0.05, 0) is 30.3 Å². The van der Waals surface area contributed by atoms with E-state index < -0.39 is 14.2 Å². The molecule has 3 aromatic rings. The zero-order valence-electron chi connectivity index (χ0n) is 16.9. The number of fused-ring (bicyclic) bond motifs is 1. The number of carbonyl (C=O) groups is 1. The highest BCUT2D eigenvalue weighted by Crippen LogP contribution is 2.35. The van der Waals surface area contributed by atoms with Crippen molar-refractivity contribution in [1.29, 1.82) is 0 Å². The zero-order chi connectivity index (χ0) is 22.0. The molecule has 12 heteroatoms. The molecule has 4 heterocycles. The number of hydrogen-bond acceptors (Lipinski definition) is 8. The maximum atomic E-state index is 10.8. The minimum Gasteiger partial charge on any atom is -0.465 e. The van der Waals surface area contributed by atoms with Crippen LogP contribution in [0.2, 0.25) is 23.7 Å². The van der Waals surface area contributed by atoms with Crippen LogP contribution in [-0.4, -0.2) is 58.5 Å². The Morgan fingerprint density at radius 2 is 2.06 bits per heavy atom. The van der Waals surface area contributed by atoms with E-state index >= 15 is 0 Å². The van der Waals surface area contributed by atoms with Gasteiger partial charge in [-0.3, -0.25) is 0 Å². The Bertz CT molecular complexity index is 1130. The van der Waals surface area contributed by atoms with Gasteiger partial charge in [0.25, 0.3) is 0 Å². The first kappa shape index (κ1) is 21.6. The van der Waals surface area contributed by atoms with E-state index in [2.05, 4.69) is 31.7 Å². The summed E-state index contributed by atoms with van der Waals surface area (Å²) in [7, 11) is -1.60. The maximum Gasteiger partial charge on any atom is 0.404 e. The Morgan fingerprint density at radius 3 is 2.81 bits per heavy atom. The number of aromatic nitrogens is 4. The Balaban J connectivity index is 1.46. The molecule has 4 N–H and O–H groups in total. The van der Waals surface area contributed by atoms with E-state index in [-0.39, 0.29) is 5.82 Å². The van der Waals surface area contributed by atoms with Gasteiger partial charge in [0.05, 0.1) is 19.3 Å². The van der Waals surface area contributed by atoms with Gasteiger partial charge in [-0.1, -0.05) is 29.9 Å². The lowest BCUT2D eigenvalue weighted by molar-refractivity contribution is 0.196. The van der Waals surface area contributed by atoms with E-state index in [1.54, 1.807) is 18.5 Å². The first-order valence-electron chi connectivity index (χ1n) is 9.76. The highest BCUT2D eigenvalue weighted by atomic mass is 35.5. The number of halogens is 1. The van der Waals surface area contributed by atoms with Crippen LogP contribution in [0.25, 0.3) is 11.2 Å². The van der Waals surface area contributed by atoms with Crippen LogP contribution in [0.4, 0.5) is 16.4 Å². The third-order valence-corrected chi connectivity index (χ3v) is 10.8. The van der Waals surface area contributed by atoms with E-state index in [1.165, 1.54) is 11.8 Å². The van der Waals surface area contributed by atoms with E-state index in [0.29, 0.717) is 16.8 Å². The van der Waals surface area contributed by atoms with Crippen LogP contribution in [0.15, 0.2) is 40.5 Å². The summed E-state index contributed by atoms with van der Waals surface area (Å²) >= 11 is 7.62. The minimum absolute atomic E-state index is 0.288. The largest absolute Gasteiger partial charge is 0.465 e. The molecule has 0 aromatic carbocycles. The summed E-state index contributed by atoms with van der Waals surface area (Å²) in [5, 5.41) is 12.6. The Kier molecular flexibility index (Phi) is 6.16. The van der Waals surface area contributed by atoms with Gasteiger partial charge in [0, 0.05) is 30.3 Å². The van der Waals surface area contributed by atoms with Crippen molar-refractivity contribution in [2.75, 3.05) is 29.9 Å². The molecule has 0 aliphatic carbocycles. The molecule has 1 aliphatic heterocycles. The molecule has 0 saturated carbocycles. The highest BCUT2D eigenvalue weighted by Gasteiger charge is 2.33. The van der Waals surface area contributed by atoms with Gasteiger partial charge in [0.15, 0.2) is 5.65 Å². The van der Waals surface area contributed by atoms with Crippen molar-refractivity contribution in [3.63, 3.8) is 0 Å². The molecule has 1 saturated heterocycles. The molecule has 31 heavy (non-hydrogen) atoms. The minimum atomic E-state index is -1.60. The molecule has 1 fully saturated rings. The van der Waals surface area contributed by atoms with Crippen molar-refractivity contribution in [2.24, 2.45) is 0 Å². The third kappa shape index (κ3) is 5.00. The molecule has 0 bridgehead atoms. The number of carboxylic acid groups (broad SMARTS) is 1. The fraction of sp³-hybridized carbons (Fsp3) is 0.316. The van der Waals surface area contributed by atoms with Crippen LogP contribution in [-0.2, 0) is 0 Å². The predicted molar refractivity (Wildman–Crippen MR) is 125 cm³/mol. The summed E-state index contributed by atoms with van der Waals surface area (Å²) in [4.78, 5) is 31.6. The third-order valence-electron chi connectivity index (χ3n) is 5.42. The lowest BCUT2D eigenvalue weighted by atomic mass is 10.4. The van der Waals surface area contributed by atoms with Crippen LogP contribution >= 0.6 is 23.4 Å². The summed E-state index contributed by atoms with van der Waals surface area (Å²) in [6.45, 7) is 3.96. The van der Waals surface area contributed by atoms with Crippen LogP contribution < -0.4 is 16.0 Å². The molecular formula is C19H22ClN7O2SSi. The SMILES string of the molecule is C[Si]1(CNC(=O)O)CCN(c2cnc3nc(Sc4ccnc(N)c4Cl)ccc3n2)CC1. The van der Waals surface area contributed by atoms with E-state index in [4.69, 9.17) is 27.4 Å². The number of nitrogens with two attached hydrogens (primary N) is 1. The number of amides is 1. The van der Waals surface area contributed by atoms with Gasteiger partial charge in [-0.2, -0.15) is 0 Å². The molecular weight excluding hydrogens is 454 g/mol. The van der Waals surface area contributed by atoms with Crippen LogP contribution in [0.5, 0.6) is 0 Å². The van der Waals surface area contributed by atoms with Crippen molar-refractivity contribution in [3.05, 3.63) is 35.6 Å². The lowest BCUT2D eigenvalue weighted by Gasteiger charge is -2.38. The summed E-state index contributed by atoms with van der Waals surface area (Å²) in [6, 6.07) is 7.60. The normalized spacial score (nSPS) is 15.7. The summed E-state index contributed by atoms with van der Waals surface area (Å²) in [5.41, 5.74) is 7.05. The van der Waals surface area contributed by atoms with Crippen molar-refractivity contribution >= 4 is 60.3 Å². The highest BCUT2D eigenvalue weighted by molar-refractivity contribution is 7.99. The van der Waals surface area contributed by atoms with Crippen molar-refractivity contribution in [3.8, 4) is 0 Å². The van der Waals surface area contributed by atoms with Crippen molar-refractivity contribution in [1.82, 2.24) is 25.3 Å². The number of anilines is 2. The second-order valence-electron chi connectivity index (χ2n) is 7.79. The average molecular weight is 476 g/mol. The van der Waals surface area contributed by atoms with Gasteiger partial charge in [0.2, 0.25) is 0 Å². The smallest absolute Gasteiger partial charge is 0.404 e. The topological polar surface area (TPSA) is 130 Å². The Morgan fingerprint density at radius 1 is 1.29 bits per heavy atom. The molecule has 1 amide bonds. The maximum absolute atomic E-state index is 10.8. The van der Waals surface area contributed by atoms with Crippen LogP contribution in [0.3, 0.4) is 0 Å². The molecule has 0 spiro atoms. The fourth-order valence-corrected chi connectivity index (χ4v) is 7.31. The van der Waals surface area contributed by atoms with Crippen LogP contribution in [0, 0.1) is 0 Å². The van der Waals surface area contributed by atoms with Gasteiger partial charge in [0.1, 0.15) is 22.2 Å². The number of nitrogens with one attached hydrogen (secondary N) is 1. The molecule has 1 aliphatic rings. The molecule has 0 unspecified atom stereocenters. The number of nitrogens with zero attached hydrogens (tertiary/aromatic N) is 5. The van der Waals surface area contributed by atoms with Crippen molar-refractivity contribution in [2.45, 2.75) is 28.6 Å². The van der Waals surface area contributed by atoms with E-state index in [1.807, 2.05) is 12.1 Å². The summed E-state index contributed by atoms with van der Waals surface area (Å²) < 4.78 is 0.